The van der Waals surface area contributed by atoms with Gasteiger partial charge >= 0.3 is 0 Å². The minimum absolute atomic E-state index is 0. The van der Waals surface area contributed by atoms with E-state index in [1.165, 1.54) is 28.6 Å². The zero-order valence-corrected chi connectivity index (χ0v) is 12.7. The third kappa shape index (κ3) is 3.49. The molecule has 20 heavy (non-hydrogen) atoms. The molecule has 0 aromatic heterocycles. The number of benzene rings is 1. The van der Waals surface area contributed by atoms with Crippen LogP contribution in [0.25, 0.3) is 0 Å². The van der Waals surface area contributed by atoms with Crippen molar-refractivity contribution < 1.29 is 8.42 Å². The lowest BCUT2D eigenvalue weighted by Crippen LogP contribution is -2.39. The molecule has 1 aliphatic heterocycles. The van der Waals surface area contributed by atoms with Crippen molar-refractivity contribution in [1.29, 1.82) is 5.26 Å². The fraction of sp³-hybridized carbons (Fsp3) is 0.462. The summed E-state index contributed by atoms with van der Waals surface area (Å²) in [6.45, 7) is 1.65. The van der Waals surface area contributed by atoms with Gasteiger partial charge in [0.2, 0.25) is 10.0 Å². The van der Waals surface area contributed by atoms with Crippen molar-refractivity contribution >= 4 is 22.4 Å². The molecule has 1 aromatic rings. The molecule has 0 amide bonds. The summed E-state index contributed by atoms with van der Waals surface area (Å²) >= 11 is 0. The first kappa shape index (κ1) is 16.9. The molecule has 0 unspecified atom stereocenters. The summed E-state index contributed by atoms with van der Waals surface area (Å²) in [5.74, 6) is 0.424. The SMILES string of the molecule is Cl.N#Cc1ccc(S(=O)(=O)N2CCC(CN)CC2)cc1. The van der Waals surface area contributed by atoms with Crippen LogP contribution in [-0.2, 0) is 10.0 Å². The third-order valence-corrected chi connectivity index (χ3v) is 5.44. The van der Waals surface area contributed by atoms with Crippen LogP contribution >= 0.6 is 12.4 Å². The molecule has 5 nitrogen and oxygen atoms in total. The van der Waals surface area contributed by atoms with Gasteiger partial charge in [0.05, 0.1) is 16.5 Å². The van der Waals surface area contributed by atoms with Crippen LogP contribution in [0.1, 0.15) is 18.4 Å². The van der Waals surface area contributed by atoms with Crippen molar-refractivity contribution in [2.24, 2.45) is 11.7 Å². The molecule has 1 aliphatic rings. The van der Waals surface area contributed by atoms with E-state index in [1.807, 2.05) is 6.07 Å². The van der Waals surface area contributed by atoms with Crippen LogP contribution in [0.3, 0.4) is 0 Å². The molecule has 1 aromatic carbocycles. The van der Waals surface area contributed by atoms with Crippen LogP contribution in [0, 0.1) is 17.2 Å². The summed E-state index contributed by atoms with van der Waals surface area (Å²) in [4.78, 5) is 0.248. The summed E-state index contributed by atoms with van der Waals surface area (Å²) < 4.78 is 26.3. The quantitative estimate of drug-likeness (QED) is 0.911. The van der Waals surface area contributed by atoms with Gasteiger partial charge in [-0.15, -0.1) is 12.4 Å². The largest absolute Gasteiger partial charge is 0.330 e. The monoisotopic (exact) mass is 315 g/mol. The second kappa shape index (κ2) is 7.04. The van der Waals surface area contributed by atoms with Gasteiger partial charge in [-0.3, -0.25) is 0 Å². The van der Waals surface area contributed by atoms with E-state index in [9.17, 15) is 8.42 Å². The minimum Gasteiger partial charge on any atom is -0.330 e. The van der Waals surface area contributed by atoms with Crippen LogP contribution < -0.4 is 5.73 Å². The average Bonchev–Trinajstić information content (AvgIpc) is 2.47. The van der Waals surface area contributed by atoms with Gasteiger partial charge in [0.1, 0.15) is 0 Å². The first-order valence-electron chi connectivity index (χ1n) is 6.28. The van der Waals surface area contributed by atoms with Gasteiger partial charge in [-0.25, -0.2) is 8.42 Å². The third-order valence-electron chi connectivity index (χ3n) is 3.53. The smallest absolute Gasteiger partial charge is 0.243 e. The molecule has 2 rings (SSSR count). The van der Waals surface area contributed by atoms with Crippen molar-refractivity contribution in [3.8, 4) is 6.07 Å². The standard InChI is InChI=1S/C13H17N3O2S.ClH/c14-9-11-1-3-13(4-2-11)19(17,18)16-7-5-12(10-15)6-8-16;/h1-4,12H,5-8,10,15H2;1H. The van der Waals surface area contributed by atoms with Crippen LogP contribution in [0.15, 0.2) is 29.2 Å². The minimum atomic E-state index is -3.44. The second-order valence-electron chi connectivity index (χ2n) is 4.72. The Morgan fingerprint density at radius 2 is 1.80 bits per heavy atom. The maximum Gasteiger partial charge on any atom is 0.243 e. The predicted octanol–water partition coefficient (Wildman–Crippen LogP) is 1.34. The number of hydrogen-bond acceptors (Lipinski definition) is 4. The summed E-state index contributed by atoms with van der Waals surface area (Å²) in [5.41, 5.74) is 6.06. The van der Waals surface area contributed by atoms with Gasteiger partial charge in [-0.05, 0) is 49.6 Å². The lowest BCUT2D eigenvalue weighted by molar-refractivity contribution is 0.278. The number of nitrogens with zero attached hydrogens (tertiary/aromatic N) is 2. The maximum atomic E-state index is 12.4. The number of sulfonamides is 1. The van der Waals surface area contributed by atoms with Crippen LogP contribution in [0.5, 0.6) is 0 Å². The van der Waals surface area contributed by atoms with E-state index < -0.39 is 10.0 Å². The van der Waals surface area contributed by atoms with E-state index >= 15 is 0 Å². The molecule has 2 N–H and O–H groups in total. The van der Waals surface area contributed by atoms with Crippen molar-refractivity contribution in [1.82, 2.24) is 4.31 Å². The fourth-order valence-corrected chi connectivity index (χ4v) is 3.71. The normalized spacial score (nSPS) is 17.2. The Morgan fingerprint density at radius 1 is 1.25 bits per heavy atom. The van der Waals surface area contributed by atoms with E-state index in [-0.39, 0.29) is 17.3 Å². The fourth-order valence-electron chi connectivity index (χ4n) is 2.24. The highest BCUT2D eigenvalue weighted by atomic mass is 35.5. The van der Waals surface area contributed by atoms with Crippen LogP contribution in [0.2, 0.25) is 0 Å². The summed E-state index contributed by atoms with van der Waals surface area (Å²) in [7, 11) is -3.44. The average molecular weight is 316 g/mol. The molecule has 0 bridgehead atoms. The molecule has 0 aliphatic carbocycles. The number of hydrogen-bond donors (Lipinski definition) is 1. The summed E-state index contributed by atoms with van der Waals surface area (Å²) in [6, 6.07) is 8.01. The Labute approximate surface area is 125 Å². The first-order chi connectivity index (χ1) is 9.07. The van der Waals surface area contributed by atoms with Gasteiger partial charge in [-0.1, -0.05) is 0 Å². The van der Waals surface area contributed by atoms with Crippen molar-refractivity contribution in [3.63, 3.8) is 0 Å². The van der Waals surface area contributed by atoms with E-state index in [2.05, 4.69) is 0 Å². The Morgan fingerprint density at radius 3 is 2.25 bits per heavy atom. The summed E-state index contributed by atoms with van der Waals surface area (Å²) in [6.07, 6.45) is 1.62. The van der Waals surface area contributed by atoms with Gasteiger partial charge in [0.15, 0.2) is 0 Å². The van der Waals surface area contributed by atoms with E-state index in [0.717, 1.165) is 12.8 Å². The topological polar surface area (TPSA) is 87.2 Å². The number of piperidine rings is 1. The molecule has 1 fully saturated rings. The lowest BCUT2D eigenvalue weighted by atomic mass is 9.99. The Kier molecular flexibility index (Phi) is 5.96. The lowest BCUT2D eigenvalue weighted by Gasteiger charge is -2.30. The zero-order valence-electron chi connectivity index (χ0n) is 11.0. The molecule has 0 spiro atoms. The predicted molar refractivity (Wildman–Crippen MR) is 78.9 cm³/mol. The molecule has 1 saturated heterocycles. The molecular weight excluding hydrogens is 298 g/mol. The number of nitrogens with two attached hydrogens (primary N) is 1. The van der Waals surface area contributed by atoms with Gasteiger partial charge in [0.25, 0.3) is 0 Å². The van der Waals surface area contributed by atoms with Crippen molar-refractivity contribution in [3.05, 3.63) is 29.8 Å². The molecule has 0 atom stereocenters. The summed E-state index contributed by atoms with van der Waals surface area (Å²) in [5, 5.41) is 8.71. The Balaban J connectivity index is 0.00000200. The zero-order chi connectivity index (χ0) is 13.9. The van der Waals surface area contributed by atoms with Crippen molar-refractivity contribution in [2.45, 2.75) is 17.7 Å². The maximum absolute atomic E-state index is 12.4. The Hall–Kier alpha value is -1.13. The highest BCUT2D eigenvalue weighted by Crippen LogP contribution is 2.23. The number of rotatable bonds is 3. The number of halogens is 1. The second-order valence-corrected chi connectivity index (χ2v) is 6.66. The van der Waals surface area contributed by atoms with Gasteiger partial charge < -0.3 is 5.73 Å². The highest BCUT2D eigenvalue weighted by molar-refractivity contribution is 7.89. The number of nitriles is 1. The van der Waals surface area contributed by atoms with Crippen LogP contribution in [0.4, 0.5) is 0 Å². The first-order valence-corrected chi connectivity index (χ1v) is 7.72. The van der Waals surface area contributed by atoms with E-state index in [1.54, 1.807) is 0 Å². The van der Waals surface area contributed by atoms with Gasteiger partial charge in [-0.2, -0.15) is 9.57 Å². The molecule has 7 heteroatoms. The molecule has 1 heterocycles. The molecular formula is C13H18ClN3O2S. The van der Waals surface area contributed by atoms with E-state index in [4.69, 9.17) is 11.0 Å². The van der Waals surface area contributed by atoms with Crippen LogP contribution in [-0.4, -0.2) is 32.4 Å². The molecule has 0 saturated carbocycles. The van der Waals surface area contributed by atoms with E-state index in [0.29, 0.717) is 31.1 Å². The Bertz CT molecular complexity index is 573. The van der Waals surface area contributed by atoms with Crippen molar-refractivity contribution in [2.75, 3.05) is 19.6 Å². The molecule has 0 radical (unpaired) electrons. The highest BCUT2D eigenvalue weighted by Gasteiger charge is 2.28. The van der Waals surface area contributed by atoms with Gasteiger partial charge in [0, 0.05) is 13.1 Å². The molecule has 110 valence electrons.